The Labute approximate surface area is 110 Å². The van der Waals surface area contributed by atoms with Gasteiger partial charge < -0.3 is 15.2 Å². The molecule has 0 aliphatic carbocycles. The van der Waals surface area contributed by atoms with Crippen molar-refractivity contribution in [3.8, 4) is 0 Å². The molecule has 0 bridgehead atoms. The maximum absolute atomic E-state index is 12.0. The van der Waals surface area contributed by atoms with Crippen LogP contribution >= 0.6 is 0 Å². The SMILES string of the molecule is Cc1nc(C(=O)NC2CCCOC2)ccc1C(=O)O. The molecular weight excluding hydrogens is 248 g/mol. The number of carbonyl (C=O) groups is 2. The van der Waals surface area contributed by atoms with E-state index in [4.69, 9.17) is 9.84 Å². The van der Waals surface area contributed by atoms with E-state index in [1.54, 1.807) is 6.92 Å². The first kappa shape index (κ1) is 13.5. The molecule has 0 radical (unpaired) electrons. The Kier molecular flexibility index (Phi) is 4.11. The maximum atomic E-state index is 12.0. The van der Waals surface area contributed by atoms with Crippen molar-refractivity contribution in [2.24, 2.45) is 0 Å². The van der Waals surface area contributed by atoms with Gasteiger partial charge in [-0.2, -0.15) is 0 Å². The van der Waals surface area contributed by atoms with Gasteiger partial charge in [-0.05, 0) is 31.9 Å². The fraction of sp³-hybridized carbons (Fsp3) is 0.462. The molecule has 1 unspecified atom stereocenters. The summed E-state index contributed by atoms with van der Waals surface area (Å²) in [6.45, 7) is 2.82. The summed E-state index contributed by atoms with van der Waals surface area (Å²) >= 11 is 0. The molecule has 2 heterocycles. The summed E-state index contributed by atoms with van der Waals surface area (Å²) in [5.74, 6) is -1.34. The van der Waals surface area contributed by atoms with Crippen LogP contribution in [0, 0.1) is 6.92 Å². The molecule has 0 saturated carbocycles. The summed E-state index contributed by atoms with van der Waals surface area (Å²) in [5, 5.41) is 11.7. The average molecular weight is 264 g/mol. The third-order valence-electron chi connectivity index (χ3n) is 3.04. The molecule has 0 spiro atoms. The molecule has 1 saturated heterocycles. The molecule has 2 N–H and O–H groups in total. The number of carboxylic acids is 1. The molecule has 1 fully saturated rings. The minimum absolute atomic E-state index is 0.00232. The van der Waals surface area contributed by atoms with Gasteiger partial charge in [-0.1, -0.05) is 0 Å². The van der Waals surface area contributed by atoms with Gasteiger partial charge in [0, 0.05) is 6.61 Å². The Balaban J connectivity index is 2.06. The number of aromatic nitrogens is 1. The smallest absolute Gasteiger partial charge is 0.337 e. The number of carbonyl (C=O) groups excluding carboxylic acids is 1. The number of ether oxygens (including phenoxy) is 1. The molecule has 2 rings (SSSR count). The fourth-order valence-electron chi connectivity index (χ4n) is 2.03. The summed E-state index contributed by atoms with van der Waals surface area (Å²) < 4.78 is 5.28. The van der Waals surface area contributed by atoms with Crippen LogP contribution < -0.4 is 5.32 Å². The van der Waals surface area contributed by atoms with E-state index in [-0.39, 0.29) is 23.2 Å². The number of hydrogen-bond acceptors (Lipinski definition) is 4. The molecular formula is C13H16N2O4. The maximum Gasteiger partial charge on any atom is 0.337 e. The number of carboxylic acid groups (broad SMARTS) is 1. The molecule has 1 aromatic rings. The molecule has 19 heavy (non-hydrogen) atoms. The predicted molar refractivity (Wildman–Crippen MR) is 67.2 cm³/mol. The highest BCUT2D eigenvalue weighted by Crippen LogP contribution is 2.09. The van der Waals surface area contributed by atoms with Crippen molar-refractivity contribution in [1.82, 2.24) is 10.3 Å². The zero-order valence-corrected chi connectivity index (χ0v) is 10.7. The van der Waals surface area contributed by atoms with Gasteiger partial charge in [0.05, 0.1) is 23.9 Å². The Bertz CT molecular complexity index is 495. The summed E-state index contributed by atoms with van der Waals surface area (Å²) in [6.07, 6.45) is 1.81. The Morgan fingerprint density at radius 2 is 2.26 bits per heavy atom. The first-order valence-electron chi connectivity index (χ1n) is 6.17. The highest BCUT2D eigenvalue weighted by Gasteiger charge is 2.19. The zero-order chi connectivity index (χ0) is 13.8. The lowest BCUT2D eigenvalue weighted by Crippen LogP contribution is -2.41. The fourth-order valence-corrected chi connectivity index (χ4v) is 2.03. The molecule has 1 amide bonds. The highest BCUT2D eigenvalue weighted by atomic mass is 16.5. The van der Waals surface area contributed by atoms with Crippen LogP contribution in [-0.2, 0) is 4.74 Å². The van der Waals surface area contributed by atoms with E-state index in [2.05, 4.69) is 10.3 Å². The molecule has 1 aliphatic rings. The highest BCUT2D eigenvalue weighted by molar-refractivity contribution is 5.94. The van der Waals surface area contributed by atoms with E-state index < -0.39 is 5.97 Å². The minimum atomic E-state index is -1.04. The summed E-state index contributed by atoms with van der Waals surface area (Å²) in [4.78, 5) is 26.9. The first-order chi connectivity index (χ1) is 9.08. The predicted octanol–water partition coefficient (Wildman–Crippen LogP) is 0.997. The van der Waals surface area contributed by atoms with Crippen molar-refractivity contribution in [1.29, 1.82) is 0 Å². The van der Waals surface area contributed by atoms with Crippen LogP contribution in [0.3, 0.4) is 0 Å². The first-order valence-corrected chi connectivity index (χ1v) is 6.17. The van der Waals surface area contributed by atoms with Gasteiger partial charge in [-0.25, -0.2) is 9.78 Å². The Hall–Kier alpha value is -1.95. The molecule has 0 aromatic carbocycles. The van der Waals surface area contributed by atoms with E-state index in [0.29, 0.717) is 12.3 Å². The lowest BCUT2D eigenvalue weighted by molar-refractivity contribution is 0.0621. The van der Waals surface area contributed by atoms with Crippen molar-refractivity contribution in [3.05, 3.63) is 29.1 Å². The summed E-state index contributed by atoms with van der Waals surface area (Å²) in [6, 6.07) is 2.83. The van der Waals surface area contributed by atoms with Gasteiger partial charge in [0.15, 0.2) is 0 Å². The molecule has 1 atom stereocenters. The monoisotopic (exact) mass is 264 g/mol. The van der Waals surface area contributed by atoms with Crippen molar-refractivity contribution >= 4 is 11.9 Å². The Morgan fingerprint density at radius 3 is 2.84 bits per heavy atom. The number of pyridine rings is 1. The number of amides is 1. The van der Waals surface area contributed by atoms with Crippen LogP contribution in [0.25, 0.3) is 0 Å². The second kappa shape index (κ2) is 5.79. The van der Waals surface area contributed by atoms with Crippen LogP contribution in [0.1, 0.15) is 39.4 Å². The van der Waals surface area contributed by atoms with Gasteiger partial charge in [-0.15, -0.1) is 0 Å². The topological polar surface area (TPSA) is 88.5 Å². The number of aryl methyl sites for hydroxylation is 1. The average Bonchev–Trinajstić information content (AvgIpc) is 2.39. The van der Waals surface area contributed by atoms with E-state index in [0.717, 1.165) is 19.4 Å². The quantitative estimate of drug-likeness (QED) is 0.850. The van der Waals surface area contributed by atoms with Gasteiger partial charge >= 0.3 is 5.97 Å². The minimum Gasteiger partial charge on any atom is -0.478 e. The van der Waals surface area contributed by atoms with E-state index in [1.807, 2.05) is 0 Å². The second-order valence-corrected chi connectivity index (χ2v) is 4.52. The number of nitrogens with one attached hydrogen (secondary N) is 1. The van der Waals surface area contributed by atoms with Gasteiger partial charge in [0.2, 0.25) is 0 Å². The number of hydrogen-bond donors (Lipinski definition) is 2. The molecule has 102 valence electrons. The van der Waals surface area contributed by atoms with E-state index >= 15 is 0 Å². The lowest BCUT2D eigenvalue weighted by Gasteiger charge is -2.22. The Morgan fingerprint density at radius 1 is 1.47 bits per heavy atom. The van der Waals surface area contributed by atoms with Crippen molar-refractivity contribution in [2.75, 3.05) is 13.2 Å². The normalized spacial score (nSPS) is 18.9. The summed E-state index contributed by atoms with van der Waals surface area (Å²) in [7, 11) is 0. The third kappa shape index (κ3) is 3.29. The van der Waals surface area contributed by atoms with Crippen LogP contribution in [0.5, 0.6) is 0 Å². The molecule has 6 heteroatoms. The lowest BCUT2D eigenvalue weighted by atomic mass is 10.1. The molecule has 6 nitrogen and oxygen atoms in total. The molecule has 1 aliphatic heterocycles. The standard InChI is InChI=1S/C13H16N2O4/c1-8-10(13(17)18)4-5-11(14-8)12(16)15-9-3-2-6-19-7-9/h4-5,9H,2-3,6-7H2,1H3,(H,15,16)(H,17,18). The van der Waals surface area contributed by atoms with Crippen molar-refractivity contribution < 1.29 is 19.4 Å². The van der Waals surface area contributed by atoms with Crippen LogP contribution in [0.4, 0.5) is 0 Å². The van der Waals surface area contributed by atoms with Crippen LogP contribution in [-0.4, -0.2) is 41.2 Å². The number of nitrogens with zero attached hydrogens (tertiary/aromatic N) is 1. The van der Waals surface area contributed by atoms with Crippen molar-refractivity contribution in [3.63, 3.8) is 0 Å². The van der Waals surface area contributed by atoms with Gasteiger partial charge in [0.1, 0.15) is 5.69 Å². The largest absolute Gasteiger partial charge is 0.478 e. The van der Waals surface area contributed by atoms with Crippen molar-refractivity contribution in [2.45, 2.75) is 25.8 Å². The van der Waals surface area contributed by atoms with E-state index in [9.17, 15) is 9.59 Å². The number of aromatic carboxylic acids is 1. The van der Waals surface area contributed by atoms with Crippen LogP contribution in [0.15, 0.2) is 12.1 Å². The van der Waals surface area contributed by atoms with E-state index in [1.165, 1.54) is 12.1 Å². The second-order valence-electron chi connectivity index (χ2n) is 4.52. The zero-order valence-electron chi connectivity index (χ0n) is 10.7. The summed E-state index contributed by atoms with van der Waals surface area (Å²) in [5.41, 5.74) is 0.672. The van der Waals surface area contributed by atoms with Gasteiger partial charge in [-0.3, -0.25) is 4.79 Å². The van der Waals surface area contributed by atoms with Crippen LogP contribution in [0.2, 0.25) is 0 Å². The number of rotatable bonds is 3. The van der Waals surface area contributed by atoms with Gasteiger partial charge in [0.25, 0.3) is 5.91 Å². The third-order valence-corrected chi connectivity index (χ3v) is 3.04. The molecule has 1 aromatic heterocycles.